The molecule has 0 aromatic heterocycles. The van der Waals surface area contributed by atoms with Crippen molar-refractivity contribution in [2.24, 2.45) is 5.92 Å². The van der Waals surface area contributed by atoms with Crippen LogP contribution in [-0.4, -0.2) is 36.2 Å². The lowest BCUT2D eigenvalue weighted by Crippen LogP contribution is -2.22. The number of likely N-dealkylation sites (tertiary alicyclic amines) is 1. The third-order valence-electron chi connectivity index (χ3n) is 4.09. The Hall–Kier alpha value is -0.860. The van der Waals surface area contributed by atoms with E-state index in [4.69, 9.17) is 5.11 Å². The molecule has 2 heteroatoms. The summed E-state index contributed by atoms with van der Waals surface area (Å²) in [4.78, 5) is 2.55. The molecule has 1 N–H and O–H groups in total. The van der Waals surface area contributed by atoms with Crippen molar-refractivity contribution in [1.82, 2.24) is 4.90 Å². The predicted octanol–water partition coefficient (Wildman–Crippen LogP) is 2.63. The second-order valence-electron chi connectivity index (χ2n) is 5.50. The second-order valence-corrected chi connectivity index (χ2v) is 5.50. The molecule has 0 unspecified atom stereocenters. The molecule has 0 spiro atoms. The van der Waals surface area contributed by atoms with Gasteiger partial charge in [-0.15, -0.1) is 0 Å². The van der Waals surface area contributed by atoms with Crippen LogP contribution in [-0.2, 0) is 6.42 Å². The average Bonchev–Trinajstić information content (AvgIpc) is 2.80. The van der Waals surface area contributed by atoms with Crippen molar-refractivity contribution < 1.29 is 5.11 Å². The monoisotopic (exact) mass is 247 g/mol. The maximum absolute atomic E-state index is 8.95. The summed E-state index contributed by atoms with van der Waals surface area (Å²) in [5, 5.41) is 8.95. The number of aryl methyl sites for hydroxylation is 2. The van der Waals surface area contributed by atoms with Gasteiger partial charge in [-0.1, -0.05) is 24.3 Å². The maximum atomic E-state index is 8.95. The second kappa shape index (κ2) is 6.91. The summed E-state index contributed by atoms with van der Waals surface area (Å²) in [6.07, 6.45) is 4.68. The number of rotatable bonds is 6. The molecule has 1 fully saturated rings. The molecular weight excluding hydrogens is 222 g/mol. The van der Waals surface area contributed by atoms with Gasteiger partial charge in [0, 0.05) is 13.2 Å². The Kier molecular flexibility index (Phi) is 5.21. The van der Waals surface area contributed by atoms with Crippen molar-refractivity contribution in [2.75, 3.05) is 26.2 Å². The van der Waals surface area contributed by atoms with Gasteiger partial charge >= 0.3 is 0 Å². The van der Waals surface area contributed by atoms with Gasteiger partial charge in [0.25, 0.3) is 0 Å². The number of hydrogen-bond donors (Lipinski definition) is 1. The van der Waals surface area contributed by atoms with E-state index in [9.17, 15) is 0 Å². The summed E-state index contributed by atoms with van der Waals surface area (Å²) < 4.78 is 0. The molecule has 1 aromatic rings. The minimum atomic E-state index is 0.349. The first-order valence-electron chi connectivity index (χ1n) is 7.17. The topological polar surface area (TPSA) is 23.5 Å². The molecular formula is C16H25NO. The lowest BCUT2D eigenvalue weighted by Gasteiger charge is -2.16. The van der Waals surface area contributed by atoms with Crippen LogP contribution < -0.4 is 0 Å². The summed E-state index contributed by atoms with van der Waals surface area (Å²) in [5.74, 6) is 0.730. The zero-order valence-electron chi connectivity index (χ0n) is 11.4. The fraction of sp³-hybridized carbons (Fsp3) is 0.625. The smallest absolute Gasteiger partial charge is 0.0434 e. The van der Waals surface area contributed by atoms with Crippen LogP contribution in [0.4, 0.5) is 0 Å². The van der Waals surface area contributed by atoms with Crippen molar-refractivity contribution in [3.63, 3.8) is 0 Å². The summed E-state index contributed by atoms with van der Waals surface area (Å²) in [6.45, 7) is 6.16. The highest BCUT2D eigenvalue weighted by molar-refractivity contribution is 5.25. The summed E-state index contributed by atoms with van der Waals surface area (Å²) in [7, 11) is 0. The highest BCUT2D eigenvalue weighted by atomic mass is 16.3. The number of benzene rings is 1. The van der Waals surface area contributed by atoms with Crippen LogP contribution in [0.5, 0.6) is 0 Å². The van der Waals surface area contributed by atoms with Crippen molar-refractivity contribution in [3.05, 3.63) is 35.4 Å². The van der Waals surface area contributed by atoms with Crippen molar-refractivity contribution in [3.8, 4) is 0 Å². The molecule has 1 aliphatic heterocycles. The maximum Gasteiger partial charge on any atom is 0.0434 e. The van der Waals surface area contributed by atoms with E-state index in [1.54, 1.807) is 0 Å². The van der Waals surface area contributed by atoms with E-state index in [1.807, 2.05) is 0 Å². The minimum Gasteiger partial charge on any atom is -0.396 e. The van der Waals surface area contributed by atoms with Gasteiger partial charge in [0.15, 0.2) is 0 Å². The van der Waals surface area contributed by atoms with Crippen molar-refractivity contribution >= 4 is 0 Å². The molecule has 2 rings (SSSR count). The summed E-state index contributed by atoms with van der Waals surface area (Å²) in [5.41, 5.74) is 2.90. The van der Waals surface area contributed by atoms with Crippen LogP contribution in [0.2, 0.25) is 0 Å². The summed E-state index contributed by atoms with van der Waals surface area (Å²) >= 11 is 0. The van der Waals surface area contributed by atoms with Gasteiger partial charge in [0.1, 0.15) is 0 Å². The molecule has 1 saturated heterocycles. The van der Waals surface area contributed by atoms with Crippen LogP contribution in [0.25, 0.3) is 0 Å². The molecule has 2 nitrogen and oxygen atoms in total. The lowest BCUT2D eigenvalue weighted by atomic mass is 10.0. The van der Waals surface area contributed by atoms with Crippen LogP contribution in [0.15, 0.2) is 24.3 Å². The summed E-state index contributed by atoms with van der Waals surface area (Å²) in [6, 6.07) is 8.69. The van der Waals surface area contributed by atoms with Crippen molar-refractivity contribution in [2.45, 2.75) is 32.6 Å². The average molecular weight is 247 g/mol. The molecule has 0 radical (unpaired) electrons. The van der Waals surface area contributed by atoms with Gasteiger partial charge in [-0.3, -0.25) is 0 Å². The van der Waals surface area contributed by atoms with E-state index in [0.717, 1.165) is 12.3 Å². The Labute approximate surface area is 111 Å². The lowest BCUT2D eigenvalue weighted by molar-refractivity contribution is 0.250. The normalized spacial score (nSPS) is 20.4. The third-order valence-corrected chi connectivity index (χ3v) is 4.09. The molecule has 18 heavy (non-hydrogen) atoms. The Morgan fingerprint density at radius 1 is 1.33 bits per heavy atom. The Morgan fingerprint density at radius 2 is 2.17 bits per heavy atom. The highest BCUT2D eigenvalue weighted by Crippen LogP contribution is 2.19. The molecule has 0 aliphatic carbocycles. The largest absolute Gasteiger partial charge is 0.396 e. The van der Waals surface area contributed by atoms with Gasteiger partial charge in [0.05, 0.1) is 0 Å². The number of aliphatic hydroxyl groups excluding tert-OH is 1. The van der Waals surface area contributed by atoms with Crippen LogP contribution >= 0.6 is 0 Å². The standard InChI is InChI=1S/C16H25NO/c1-14-5-2-3-6-16(14)7-4-10-17-11-8-15(13-17)9-12-18/h2-3,5-6,15,18H,4,7-13H2,1H3/t15-/m1/s1. The number of nitrogens with zero attached hydrogens (tertiary/aromatic N) is 1. The Balaban J connectivity index is 1.69. The molecule has 100 valence electrons. The van der Waals surface area contributed by atoms with Gasteiger partial charge in [0.2, 0.25) is 0 Å². The molecule has 1 aliphatic rings. The van der Waals surface area contributed by atoms with E-state index in [2.05, 4.69) is 36.1 Å². The molecule has 0 saturated carbocycles. The van der Waals surface area contributed by atoms with Crippen LogP contribution in [0.3, 0.4) is 0 Å². The molecule has 1 heterocycles. The van der Waals surface area contributed by atoms with E-state index >= 15 is 0 Å². The molecule has 1 aromatic carbocycles. The van der Waals surface area contributed by atoms with E-state index < -0.39 is 0 Å². The van der Waals surface area contributed by atoms with Gasteiger partial charge in [-0.2, -0.15) is 0 Å². The highest BCUT2D eigenvalue weighted by Gasteiger charge is 2.21. The van der Waals surface area contributed by atoms with Crippen LogP contribution in [0, 0.1) is 12.8 Å². The molecule has 1 atom stereocenters. The first-order chi connectivity index (χ1) is 8.79. The van der Waals surface area contributed by atoms with E-state index in [-0.39, 0.29) is 0 Å². The first kappa shape index (κ1) is 13.6. The Morgan fingerprint density at radius 3 is 2.94 bits per heavy atom. The zero-order chi connectivity index (χ0) is 12.8. The molecule has 0 amide bonds. The third kappa shape index (κ3) is 3.82. The first-order valence-corrected chi connectivity index (χ1v) is 7.17. The fourth-order valence-electron chi connectivity index (χ4n) is 2.92. The van der Waals surface area contributed by atoms with Crippen molar-refractivity contribution in [1.29, 1.82) is 0 Å². The van der Waals surface area contributed by atoms with Gasteiger partial charge < -0.3 is 10.0 Å². The predicted molar refractivity (Wildman–Crippen MR) is 75.7 cm³/mol. The van der Waals surface area contributed by atoms with E-state index in [1.165, 1.54) is 50.0 Å². The quantitative estimate of drug-likeness (QED) is 0.835. The van der Waals surface area contributed by atoms with Gasteiger partial charge in [-0.25, -0.2) is 0 Å². The Bertz CT molecular complexity index is 364. The zero-order valence-corrected chi connectivity index (χ0v) is 11.4. The SMILES string of the molecule is Cc1ccccc1CCCN1CC[C@H](CCO)C1. The van der Waals surface area contributed by atoms with E-state index in [0.29, 0.717) is 6.61 Å². The van der Waals surface area contributed by atoms with Crippen LogP contribution in [0.1, 0.15) is 30.4 Å². The minimum absolute atomic E-state index is 0.349. The molecule has 0 bridgehead atoms. The number of hydrogen-bond acceptors (Lipinski definition) is 2. The van der Waals surface area contributed by atoms with Gasteiger partial charge in [-0.05, 0) is 62.7 Å². The number of aliphatic hydroxyl groups is 1. The fourth-order valence-corrected chi connectivity index (χ4v) is 2.92.